The average Bonchev–Trinajstić information content (AvgIpc) is 1.89. The largest absolute Gasteiger partial charge is 0.300 e. The van der Waals surface area contributed by atoms with E-state index in [1.807, 2.05) is 6.92 Å². The van der Waals surface area contributed by atoms with Gasteiger partial charge < -0.3 is 0 Å². The normalized spacial score (nSPS) is 8.50. The summed E-state index contributed by atoms with van der Waals surface area (Å²) >= 11 is 0. The van der Waals surface area contributed by atoms with Gasteiger partial charge in [-0.3, -0.25) is 4.79 Å². The van der Waals surface area contributed by atoms with Gasteiger partial charge in [0.1, 0.15) is 5.78 Å². The SMILES string of the molecule is C=C=CCCC(=O)CCC. The van der Waals surface area contributed by atoms with Crippen LogP contribution in [0.15, 0.2) is 18.4 Å². The molecular formula is C9H14O. The maximum atomic E-state index is 10.8. The summed E-state index contributed by atoms with van der Waals surface area (Å²) in [7, 11) is 0. The van der Waals surface area contributed by atoms with Gasteiger partial charge >= 0.3 is 0 Å². The van der Waals surface area contributed by atoms with Gasteiger partial charge in [0.15, 0.2) is 0 Å². The Bertz CT molecular complexity index is 141. The van der Waals surface area contributed by atoms with Crippen LogP contribution in [-0.4, -0.2) is 5.78 Å². The molecule has 0 saturated heterocycles. The summed E-state index contributed by atoms with van der Waals surface area (Å²) in [6.07, 6.45) is 4.91. The van der Waals surface area contributed by atoms with Crippen molar-refractivity contribution in [1.29, 1.82) is 0 Å². The van der Waals surface area contributed by atoms with Gasteiger partial charge in [0.05, 0.1) is 0 Å². The average molecular weight is 138 g/mol. The summed E-state index contributed by atoms with van der Waals surface area (Å²) in [5.41, 5.74) is 2.64. The van der Waals surface area contributed by atoms with Gasteiger partial charge in [0.25, 0.3) is 0 Å². The molecule has 0 heterocycles. The smallest absolute Gasteiger partial charge is 0.133 e. The number of hydrogen-bond acceptors (Lipinski definition) is 1. The zero-order valence-corrected chi connectivity index (χ0v) is 6.52. The standard InChI is InChI=1S/C9H14O/c1-3-5-6-8-9(10)7-4-2/h5H,1,4,6-8H2,2H3. The molecule has 0 aromatic carbocycles. The van der Waals surface area contributed by atoms with Crippen molar-refractivity contribution in [3.63, 3.8) is 0 Å². The van der Waals surface area contributed by atoms with Gasteiger partial charge in [-0.05, 0) is 18.9 Å². The molecule has 10 heavy (non-hydrogen) atoms. The summed E-state index contributed by atoms with van der Waals surface area (Å²) in [5.74, 6) is 0.342. The summed E-state index contributed by atoms with van der Waals surface area (Å²) in [6.45, 7) is 5.43. The first-order chi connectivity index (χ1) is 4.81. The molecule has 0 bridgehead atoms. The summed E-state index contributed by atoms with van der Waals surface area (Å²) in [6, 6.07) is 0. The molecule has 0 unspecified atom stereocenters. The van der Waals surface area contributed by atoms with E-state index in [9.17, 15) is 4.79 Å². The maximum absolute atomic E-state index is 10.8. The number of allylic oxidation sites excluding steroid dienone is 1. The molecule has 1 nitrogen and oxygen atoms in total. The van der Waals surface area contributed by atoms with Crippen LogP contribution in [0.4, 0.5) is 0 Å². The van der Waals surface area contributed by atoms with Crippen LogP contribution >= 0.6 is 0 Å². The van der Waals surface area contributed by atoms with E-state index in [1.165, 1.54) is 0 Å². The predicted molar refractivity (Wildman–Crippen MR) is 42.9 cm³/mol. The molecular weight excluding hydrogens is 124 g/mol. The molecule has 0 aromatic heterocycles. The highest BCUT2D eigenvalue weighted by Gasteiger charge is 1.96. The Hall–Kier alpha value is -0.810. The molecule has 0 spiro atoms. The monoisotopic (exact) mass is 138 g/mol. The minimum absolute atomic E-state index is 0.342. The predicted octanol–water partition coefficient (Wildman–Crippen LogP) is 2.48. The van der Waals surface area contributed by atoms with Gasteiger partial charge in [0.2, 0.25) is 0 Å². The van der Waals surface area contributed by atoms with Crippen molar-refractivity contribution in [3.8, 4) is 0 Å². The number of rotatable bonds is 5. The van der Waals surface area contributed by atoms with Gasteiger partial charge in [0, 0.05) is 12.8 Å². The Morgan fingerprint density at radius 3 is 2.80 bits per heavy atom. The Morgan fingerprint density at radius 2 is 2.30 bits per heavy atom. The van der Waals surface area contributed by atoms with E-state index in [-0.39, 0.29) is 0 Å². The van der Waals surface area contributed by atoms with Gasteiger partial charge in [-0.15, -0.1) is 5.73 Å². The summed E-state index contributed by atoms with van der Waals surface area (Å²) in [4.78, 5) is 10.8. The molecule has 0 aliphatic rings. The van der Waals surface area contributed by atoms with E-state index in [0.717, 1.165) is 12.8 Å². The number of hydrogen-bond donors (Lipinski definition) is 0. The molecule has 0 saturated carbocycles. The fraction of sp³-hybridized carbons (Fsp3) is 0.556. The molecule has 0 amide bonds. The van der Waals surface area contributed by atoms with E-state index >= 15 is 0 Å². The zero-order chi connectivity index (χ0) is 7.82. The lowest BCUT2D eigenvalue weighted by Crippen LogP contribution is -1.94. The number of ketones is 1. The second-order valence-electron chi connectivity index (χ2n) is 2.24. The van der Waals surface area contributed by atoms with Crippen LogP contribution < -0.4 is 0 Å². The second kappa shape index (κ2) is 6.31. The van der Waals surface area contributed by atoms with Crippen molar-refractivity contribution in [3.05, 3.63) is 18.4 Å². The number of carbonyl (C=O) groups excluding carboxylic acids is 1. The second-order valence-corrected chi connectivity index (χ2v) is 2.24. The fourth-order valence-electron chi connectivity index (χ4n) is 0.739. The first kappa shape index (κ1) is 9.19. The van der Waals surface area contributed by atoms with Crippen LogP contribution in [0.3, 0.4) is 0 Å². The fourth-order valence-corrected chi connectivity index (χ4v) is 0.739. The van der Waals surface area contributed by atoms with Crippen LogP contribution in [0, 0.1) is 0 Å². The molecule has 0 atom stereocenters. The molecule has 0 aliphatic carbocycles. The lowest BCUT2D eigenvalue weighted by Gasteiger charge is -1.92. The van der Waals surface area contributed by atoms with Crippen LogP contribution in [0.1, 0.15) is 32.6 Å². The van der Waals surface area contributed by atoms with Crippen LogP contribution in [-0.2, 0) is 4.79 Å². The van der Waals surface area contributed by atoms with Crippen molar-refractivity contribution >= 4 is 5.78 Å². The third kappa shape index (κ3) is 5.33. The molecule has 0 radical (unpaired) electrons. The Morgan fingerprint density at radius 1 is 1.60 bits per heavy atom. The Balaban J connectivity index is 3.30. The Labute approximate surface area is 62.4 Å². The van der Waals surface area contributed by atoms with Crippen molar-refractivity contribution < 1.29 is 4.79 Å². The van der Waals surface area contributed by atoms with Crippen LogP contribution in [0.5, 0.6) is 0 Å². The topological polar surface area (TPSA) is 17.1 Å². The highest BCUT2D eigenvalue weighted by molar-refractivity contribution is 5.78. The number of Topliss-reactive ketones (excluding diaryl/α,β-unsaturated/α-hetero) is 1. The van der Waals surface area contributed by atoms with E-state index in [2.05, 4.69) is 12.3 Å². The van der Waals surface area contributed by atoms with E-state index in [4.69, 9.17) is 0 Å². The van der Waals surface area contributed by atoms with Gasteiger partial charge in [-0.2, -0.15) is 0 Å². The molecule has 0 rings (SSSR count). The van der Waals surface area contributed by atoms with Gasteiger partial charge in [-0.25, -0.2) is 0 Å². The lowest BCUT2D eigenvalue weighted by molar-refractivity contribution is -0.119. The summed E-state index contributed by atoms with van der Waals surface area (Å²) < 4.78 is 0. The maximum Gasteiger partial charge on any atom is 0.133 e. The minimum atomic E-state index is 0.342. The quantitative estimate of drug-likeness (QED) is 0.533. The molecule has 1 heteroatoms. The van der Waals surface area contributed by atoms with Crippen LogP contribution in [0.2, 0.25) is 0 Å². The van der Waals surface area contributed by atoms with Crippen molar-refractivity contribution in [2.45, 2.75) is 32.6 Å². The molecule has 0 aliphatic heterocycles. The molecule has 0 fully saturated rings. The van der Waals surface area contributed by atoms with E-state index in [0.29, 0.717) is 18.6 Å². The van der Waals surface area contributed by atoms with Crippen molar-refractivity contribution in [1.82, 2.24) is 0 Å². The zero-order valence-electron chi connectivity index (χ0n) is 6.52. The first-order valence-electron chi connectivity index (χ1n) is 3.67. The first-order valence-corrected chi connectivity index (χ1v) is 3.67. The van der Waals surface area contributed by atoms with E-state index in [1.54, 1.807) is 6.08 Å². The lowest BCUT2D eigenvalue weighted by atomic mass is 10.1. The third-order valence-electron chi connectivity index (χ3n) is 1.24. The highest BCUT2D eigenvalue weighted by atomic mass is 16.1. The van der Waals surface area contributed by atoms with Gasteiger partial charge in [-0.1, -0.05) is 13.5 Å². The number of carbonyl (C=O) groups is 1. The molecule has 0 aromatic rings. The van der Waals surface area contributed by atoms with Crippen molar-refractivity contribution in [2.75, 3.05) is 0 Å². The van der Waals surface area contributed by atoms with Crippen molar-refractivity contribution in [2.24, 2.45) is 0 Å². The third-order valence-corrected chi connectivity index (χ3v) is 1.24. The summed E-state index contributed by atoms with van der Waals surface area (Å²) in [5, 5.41) is 0. The minimum Gasteiger partial charge on any atom is -0.300 e. The molecule has 0 N–H and O–H groups in total. The van der Waals surface area contributed by atoms with Crippen LogP contribution in [0.25, 0.3) is 0 Å². The Kier molecular flexibility index (Phi) is 5.80. The van der Waals surface area contributed by atoms with E-state index < -0.39 is 0 Å². The molecule has 56 valence electrons. The highest BCUT2D eigenvalue weighted by Crippen LogP contribution is 1.97.